The first-order valence-corrected chi connectivity index (χ1v) is 7.65. The van der Waals surface area contributed by atoms with Crippen molar-refractivity contribution in [1.29, 1.82) is 0 Å². The van der Waals surface area contributed by atoms with Crippen molar-refractivity contribution < 1.29 is 4.79 Å². The zero-order valence-corrected chi connectivity index (χ0v) is 12.4. The summed E-state index contributed by atoms with van der Waals surface area (Å²) in [6.45, 7) is 0. The smallest absolute Gasteiger partial charge is 0.319 e. The van der Waals surface area contributed by atoms with Gasteiger partial charge in [-0.25, -0.2) is 4.79 Å². The largest absolute Gasteiger partial charge is 0.334 e. The Hall–Kier alpha value is -0.290. The Kier molecular flexibility index (Phi) is 4.90. The molecule has 0 aliphatic carbocycles. The van der Waals surface area contributed by atoms with E-state index in [2.05, 4.69) is 10.6 Å². The number of anilines is 1. The number of rotatable bonds is 2. The van der Waals surface area contributed by atoms with Crippen molar-refractivity contribution in [3.05, 3.63) is 27.2 Å². The van der Waals surface area contributed by atoms with Crippen molar-refractivity contribution in [2.45, 2.75) is 12.5 Å². The van der Waals surface area contributed by atoms with Gasteiger partial charge in [0.15, 0.2) is 0 Å². The molecule has 1 atom stereocenters. The molecule has 3 nitrogen and oxygen atoms in total. The van der Waals surface area contributed by atoms with Crippen LogP contribution in [0.25, 0.3) is 0 Å². The highest BCUT2D eigenvalue weighted by Crippen LogP contribution is 2.35. The molecule has 0 bridgehead atoms. The highest BCUT2D eigenvalue weighted by molar-refractivity contribution is 7.99. The second-order valence-corrected chi connectivity index (χ2v) is 6.19. The average Bonchev–Trinajstić information content (AvgIpc) is 2.83. The molecule has 0 aromatic heterocycles. The van der Waals surface area contributed by atoms with E-state index in [0.717, 1.165) is 17.9 Å². The average molecular weight is 326 g/mol. The predicted molar refractivity (Wildman–Crippen MR) is 79.4 cm³/mol. The number of hydrogen-bond donors (Lipinski definition) is 2. The number of carbonyl (C=O) groups excluding carboxylic acids is 1. The molecule has 1 unspecified atom stereocenters. The Morgan fingerprint density at radius 2 is 2.06 bits per heavy atom. The number of halogens is 3. The fraction of sp³-hybridized carbons (Fsp3) is 0.364. The van der Waals surface area contributed by atoms with Crippen LogP contribution < -0.4 is 10.6 Å². The predicted octanol–water partition coefficient (Wildman–Crippen LogP) is 4.27. The highest BCUT2D eigenvalue weighted by Gasteiger charge is 2.18. The van der Waals surface area contributed by atoms with Gasteiger partial charge < -0.3 is 10.6 Å². The minimum Gasteiger partial charge on any atom is -0.334 e. The van der Waals surface area contributed by atoms with E-state index >= 15 is 0 Å². The van der Waals surface area contributed by atoms with Crippen molar-refractivity contribution in [2.75, 3.05) is 16.8 Å². The van der Waals surface area contributed by atoms with Gasteiger partial charge in [-0.15, -0.1) is 0 Å². The molecule has 98 valence electrons. The van der Waals surface area contributed by atoms with Gasteiger partial charge in [0, 0.05) is 11.8 Å². The van der Waals surface area contributed by atoms with Gasteiger partial charge in [-0.1, -0.05) is 34.8 Å². The molecule has 1 aliphatic rings. The Balaban J connectivity index is 2.00. The van der Waals surface area contributed by atoms with E-state index in [1.54, 1.807) is 12.1 Å². The second-order valence-electron chi connectivity index (χ2n) is 3.88. The van der Waals surface area contributed by atoms with Crippen LogP contribution in [-0.4, -0.2) is 23.6 Å². The Labute approximate surface area is 125 Å². The summed E-state index contributed by atoms with van der Waals surface area (Å²) in [5, 5.41) is 6.41. The number of urea groups is 1. The molecule has 1 heterocycles. The van der Waals surface area contributed by atoms with E-state index in [1.807, 2.05) is 11.8 Å². The summed E-state index contributed by atoms with van der Waals surface area (Å²) in [5.74, 6) is 2.03. The molecule has 1 aromatic rings. The van der Waals surface area contributed by atoms with Gasteiger partial charge in [0.1, 0.15) is 0 Å². The highest BCUT2D eigenvalue weighted by atomic mass is 35.5. The number of nitrogens with one attached hydrogen (secondary N) is 2. The van der Waals surface area contributed by atoms with Gasteiger partial charge in [0.05, 0.1) is 20.8 Å². The van der Waals surface area contributed by atoms with Crippen LogP contribution in [0.5, 0.6) is 0 Å². The zero-order valence-electron chi connectivity index (χ0n) is 9.30. The first kappa shape index (κ1) is 14.1. The topological polar surface area (TPSA) is 41.1 Å². The third kappa shape index (κ3) is 3.38. The summed E-state index contributed by atoms with van der Waals surface area (Å²) in [4.78, 5) is 11.8. The second kappa shape index (κ2) is 6.24. The van der Waals surface area contributed by atoms with E-state index in [-0.39, 0.29) is 22.1 Å². The molecular weight excluding hydrogens is 315 g/mol. The molecule has 2 N–H and O–H groups in total. The summed E-state index contributed by atoms with van der Waals surface area (Å²) >= 11 is 19.5. The lowest BCUT2D eigenvalue weighted by Crippen LogP contribution is -2.37. The van der Waals surface area contributed by atoms with Crippen LogP contribution in [0.15, 0.2) is 12.1 Å². The lowest BCUT2D eigenvalue weighted by atomic mass is 10.3. The molecule has 1 aliphatic heterocycles. The van der Waals surface area contributed by atoms with Crippen molar-refractivity contribution >= 4 is 58.3 Å². The van der Waals surface area contributed by atoms with Crippen molar-refractivity contribution in [3.8, 4) is 0 Å². The van der Waals surface area contributed by atoms with Crippen LogP contribution >= 0.6 is 46.6 Å². The third-order valence-electron chi connectivity index (χ3n) is 2.55. The third-order valence-corrected chi connectivity index (χ3v) is 5.00. The van der Waals surface area contributed by atoms with Gasteiger partial charge >= 0.3 is 6.03 Å². The molecule has 18 heavy (non-hydrogen) atoms. The molecule has 7 heteroatoms. The van der Waals surface area contributed by atoms with Crippen molar-refractivity contribution in [2.24, 2.45) is 0 Å². The molecule has 2 amide bonds. The van der Waals surface area contributed by atoms with Gasteiger partial charge in [-0.05, 0) is 24.3 Å². The lowest BCUT2D eigenvalue weighted by Gasteiger charge is -2.13. The fourth-order valence-electron chi connectivity index (χ4n) is 1.61. The van der Waals surface area contributed by atoms with Gasteiger partial charge in [-0.2, -0.15) is 11.8 Å². The van der Waals surface area contributed by atoms with Crippen LogP contribution in [0.1, 0.15) is 6.42 Å². The van der Waals surface area contributed by atoms with Crippen molar-refractivity contribution in [3.63, 3.8) is 0 Å². The summed E-state index contributed by atoms with van der Waals surface area (Å²) in [5.41, 5.74) is 0.453. The summed E-state index contributed by atoms with van der Waals surface area (Å²) in [7, 11) is 0. The van der Waals surface area contributed by atoms with E-state index in [9.17, 15) is 4.79 Å². The van der Waals surface area contributed by atoms with Crippen LogP contribution in [0, 0.1) is 0 Å². The first-order chi connectivity index (χ1) is 8.58. The minimum absolute atomic E-state index is 0.219. The molecule has 1 fully saturated rings. The van der Waals surface area contributed by atoms with Crippen LogP contribution in [0.4, 0.5) is 10.5 Å². The molecule has 0 saturated carbocycles. The number of carbonyl (C=O) groups is 1. The molecule has 0 radical (unpaired) electrons. The standard InChI is InChI=1S/C11H11Cl3N2OS/c12-7-1-2-8(10(14)9(7)13)16-11(17)15-6-3-4-18-5-6/h1-2,6H,3-5H2,(H2,15,16,17). The fourth-order valence-corrected chi connectivity index (χ4v) is 3.35. The maximum atomic E-state index is 11.8. The number of thioether (sulfide) groups is 1. The zero-order chi connectivity index (χ0) is 13.1. The normalized spacial score (nSPS) is 18.7. The molecular formula is C11H11Cl3N2OS. The molecule has 1 saturated heterocycles. The molecule has 2 rings (SSSR count). The molecule has 0 spiro atoms. The lowest BCUT2D eigenvalue weighted by molar-refractivity contribution is 0.249. The monoisotopic (exact) mass is 324 g/mol. The van der Waals surface area contributed by atoms with Crippen LogP contribution in [-0.2, 0) is 0 Å². The maximum Gasteiger partial charge on any atom is 0.319 e. The van der Waals surface area contributed by atoms with Gasteiger partial charge in [0.2, 0.25) is 0 Å². The van der Waals surface area contributed by atoms with Crippen LogP contribution in [0.3, 0.4) is 0 Å². The van der Waals surface area contributed by atoms with E-state index in [0.29, 0.717) is 10.7 Å². The Morgan fingerprint density at radius 1 is 1.28 bits per heavy atom. The van der Waals surface area contributed by atoms with Crippen molar-refractivity contribution in [1.82, 2.24) is 5.32 Å². The first-order valence-electron chi connectivity index (χ1n) is 5.36. The van der Waals surface area contributed by atoms with Gasteiger partial charge in [-0.3, -0.25) is 0 Å². The number of amides is 2. The van der Waals surface area contributed by atoms with Gasteiger partial charge in [0.25, 0.3) is 0 Å². The number of hydrogen-bond acceptors (Lipinski definition) is 2. The summed E-state index contributed by atoms with van der Waals surface area (Å²) in [6, 6.07) is 3.16. The molecule has 1 aromatic carbocycles. The summed E-state index contributed by atoms with van der Waals surface area (Å²) < 4.78 is 0. The van der Waals surface area contributed by atoms with E-state index in [1.165, 1.54) is 0 Å². The van der Waals surface area contributed by atoms with E-state index in [4.69, 9.17) is 34.8 Å². The van der Waals surface area contributed by atoms with E-state index < -0.39 is 0 Å². The summed E-state index contributed by atoms with van der Waals surface area (Å²) in [6.07, 6.45) is 0.993. The Bertz CT molecular complexity index is 464. The quantitative estimate of drug-likeness (QED) is 0.797. The Morgan fingerprint density at radius 3 is 2.72 bits per heavy atom. The maximum absolute atomic E-state index is 11.8. The SMILES string of the molecule is O=C(Nc1ccc(Cl)c(Cl)c1Cl)NC1CCSC1. The number of benzene rings is 1. The minimum atomic E-state index is -0.275. The van der Waals surface area contributed by atoms with Crippen LogP contribution in [0.2, 0.25) is 15.1 Å².